The molecule has 0 amide bonds. The van der Waals surface area contributed by atoms with Crippen LogP contribution in [0.4, 0.5) is 0 Å². The van der Waals surface area contributed by atoms with Gasteiger partial charge in [0, 0.05) is 30.7 Å². The molecule has 0 radical (unpaired) electrons. The van der Waals surface area contributed by atoms with Crippen LogP contribution in [0.1, 0.15) is 25.5 Å². The first-order valence-electron chi connectivity index (χ1n) is 6.62. The van der Waals surface area contributed by atoms with E-state index in [1.807, 2.05) is 13.8 Å². The fourth-order valence-corrected chi connectivity index (χ4v) is 2.44. The van der Waals surface area contributed by atoms with Crippen molar-refractivity contribution < 1.29 is 14.9 Å². The molecule has 5 heteroatoms. The van der Waals surface area contributed by atoms with Crippen LogP contribution in [0.25, 0.3) is 0 Å². The van der Waals surface area contributed by atoms with E-state index in [0.717, 1.165) is 18.7 Å². The molecular formula is C14H22N2O3. The largest absolute Gasteiger partial charge is 0.508 e. The average Bonchev–Trinajstić information content (AvgIpc) is 2.41. The van der Waals surface area contributed by atoms with Gasteiger partial charge in [0.05, 0.1) is 12.7 Å². The van der Waals surface area contributed by atoms with Gasteiger partial charge in [-0.05, 0) is 32.0 Å². The molecular weight excluding hydrogens is 244 g/mol. The molecule has 1 aliphatic heterocycles. The molecule has 1 fully saturated rings. The molecule has 0 aromatic heterocycles. The second-order valence-corrected chi connectivity index (χ2v) is 5.18. The van der Waals surface area contributed by atoms with Crippen molar-refractivity contribution in [2.45, 2.75) is 32.0 Å². The molecule has 5 nitrogen and oxygen atoms in total. The lowest BCUT2D eigenvalue weighted by atomic mass is 10.0. The van der Waals surface area contributed by atoms with Gasteiger partial charge in [0.15, 0.2) is 0 Å². The number of aromatic hydroxyl groups is 2. The van der Waals surface area contributed by atoms with Crippen LogP contribution in [0.2, 0.25) is 0 Å². The molecule has 1 aromatic carbocycles. The second-order valence-electron chi connectivity index (χ2n) is 5.18. The number of phenols is 2. The minimum atomic E-state index is -0.0206. The molecule has 0 bridgehead atoms. The van der Waals surface area contributed by atoms with Gasteiger partial charge < -0.3 is 20.7 Å². The molecule has 106 valence electrons. The second kappa shape index (κ2) is 5.77. The van der Waals surface area contributed by atoms with Gasteiger partial charge in [0.2, 0.25) is 0 Å². The van der Waals surface area contributed by atoms with Crippen LogP contribution in [-0.4, -0.2) is 47.0 Å². The predicted octanol–water partition coefficient (Wildman–Crippen LogP) is 1.21. The monoisotopic (exact) mass is 266 g/mol. The molecule has 1 aromatic rings. The van der Waals surface area contributed by atoms with Crippen molar-refractivity contribution in [3.05, 3.63) is 23.8 Å². The summed E-state index contributed by atoms with van der Waals surface area (Å²) in [5.74, 6) is 0.366. The van der Waals surface area contributed by atoms with E-state index in [1.54, 1.807) is 6.07 Å². The molecule has 4 N–H and O–H groups in total. The number of nitrogens with two attached hydrogens (primary N) is 1. The van der Waals surface area contributed by atoms with Gasteiger partial charge in [0.25, 0.3) is 0 Å². The van der Waals surface area contributed by atoms with Crippen molar-refractivity contribution in [2.75, 3.05) is 19.7 Å². The van der Waals surface area contributed by atoms with Crippen molar-refractivity contribution in [1.82, 2.24) is 4.90 Å². The molecule has 1 heterocycles. The first-order valence-corrected chi connectivity index (χ1v) is 6.62. The highest BCUT2D eigenvalue weighted by Crippen LogP contribution is 2.32. The van der Waals surface area contributed by atoms with Gasteiger partial charge in [-0.15, -0.1) is 0 Å². The van der Waals surface area contributed by atoms with Gasteiger partial charge in [-0.1, -0.05) is 0 Å². The first-order chi connectivity index (χ1) is 8.99. The standard InChI is InChI=1S/C14H22N2O3/c1-9(15)14-8-16(5-6-19-14)10(2)12-7-11(17)3-4-13(12)18/h3-4,7,9-10,14,17-18H,5-6,8,15H2,1-2H3. The number of phenolic OH excluding ortho intramolecular Hbond substituents is 2. The van der Waals surface area contributed by atoms with Crippen LogP contribution in [0.15, 0.2) is 18.2 Å². The third-order valence-electron chi connectivity index (χ3n) is 3.72. The third-order valence-corrected chi connectivity index (χ3v) is 3.72. The molecule has 1 saturated heterocycles. The molecule has 0 aliphatic carbocycles. The van der Waals surface area contributed by atoms with Crippen LogP contribution >= 0.6 is 0 Å². The van der Waals surface area contributed by atoms with E-state index in [-0.39, 0.29) is 29.7 Å². The van der Waals surface area contributed by atoms with Crippen LogP contribution in [0.5, 0.6) is 11.5 Å². The Balaban J connectivity index is 2.14. The minimum Gasteiger partial charge on any atom is -0.508 e. The molecule has 0 saturated carbocycles. The number of benzene rings is 1. The van der Waals surface area contributed by atoms with E-state index in [2.05, 4.69) is 4.90 Å². The van der Waals surface area contributed by atoms with Crippen LogP contribution in [-0.2, 0) is 4.74 Å². The van der Waals surface area contributed by atoms with Crippen LogP contribution in [0, 0.1) is 0 Å². The highest BCUT2D eigenvalue weighted by atomic mass is 16.5. The SMILES string of the molecule is CC(N)C1CN(C(C)c2cc(O)ccc2O)CCO1. The first kappa shape index (κ1) is 14.1. The Hall–Kier alpha value is -1.30. The number of ether oxygens (including phenoxy) is 1. The Kier molecular flexibility index (Phi) is 4.29. The Bertz CT molecular complexity index is 437. The molecule has 2 rings (SSSR count). The summed E-state index contributed by atoms with van der Waals surface area (Å²) in [7, 11) is 0. The zero-order valence-electron chi connectivity index (χ0n) is 11.4. The van der Waals surface area contributed by atoms with Gasteiger partial charge >= 0.3 is 0 Å². The van der Waals surface area contributed by atoms with Crippen molar-refractivity contribution in [1.29, 1.82) is 0 Å². The lowest BCUT2D eigenvalue weighted by molar-refractivity contribution is -0.0500. The number of hydrogen-bond donors (Lipinski definition) is 3. The molecule has 0 spiro atoms. The van der Waals surface area contributed by atoms with Gasteiger partial charge in [0.1, 0.15) is 11.5 Å². The Morgan fingerprint density at radius 1 is 1.37 bits per heavy atom. The zero-order valence-corrected chi connectivity index (χ0v) is 11.4. The van der Waals surface area contributed by atoms with Crippen molar-refractivity contribution in [3.8, 4) is 11.5 Å². The predicted molar refractivity (Wildman–Crippen MR) is 73.1 cm³/mol. The third kappa shape index (κ3) is 3.18. The molecule has 1 aliphatic rings. The summed E-state index contributed by atoms with van der Waals surface area (Å²) >= 11 is 0. The van der Waals surface area contributed by atoms with Crippen molar-refractivity contribution in [3.63, 3.8) is 0 Å². The summed E-state index contributed by atoms with van der Waals surface area (Å²) < 4.78 is 5.63. The molecule has 3 atom stereocenters. The molecule has 19 heavy (non-hydrogen) atoms. The average molecular weight is 266 g/mol. The zero-order chi connectivity index (χ0) is 14.0. The number of rotatable bonds is 3. The van der Waals surface area contributed by atoms with E-state index in [0.29, 0.717) is 6.61 Å². The van der Waals surface area contributed by atoms with Gasteiger partial charge in [-0.2, -0.15) is 0 Å². The number of morpholine rings is 1. The number of hydrogen-bond acceptors (Lipinski definition) is 5. The minimum absolute atomic E-state index is 0.00986. The Labute approximate surface area is 113 Å². The lowest BCUT2D eigenvalue weighted by Crippen LogP contribution is -2.50. The maximum absolute atomic E-state index is 9.92. The Morgan fingerprint density at radius 2 is 2.11 bits per heavy atom. The maximum Gasteiger partial charge on any atom is 0.120 e. The van der Waals surface area contributed by atoms with E-state index in [4.69, 9.17) is 10.5 Å². The maximum atomic E-state index is 9.92. The highest BCUT2D eigenvalue weighted by molar-refractivity contribution is 5.40. The van der Waals surface area contributed by atoms with Crippen LogP contribution in [0.3, 0.4) is 0 Å². The van der Waals surface area contributed by atoms with Gasteiger partial charge in [-0.25, -0.2) is 0 Å². The fraction of sp³-hybridized carbons (Fsp3) is 0.571. The summed E-state index contributed by atoms with van der Waals surface area (Å²) in [6.07, 6.45) is 0.00986. The summed E-state index contributed by atoms with van der Waals surface area (Å²) in [5.41, 5.74) is 6.61. The lowest BCUT2D eigenvalue weighted by Gasteiger charge is -2.38. The number of nitrogens with zero attached hydrogens (tertiary/aromatic N) is 1. The quantitative estimate of drug-likeness (QED) is 0.717. The summed E-state index contributed by atoms with van der Waals surface area (Å²) in [5, 5.41) is 19.5. The highest BCUT2D eigenvalue weighted by Gasteiger charge is 2.28. The van der Waals surface area contributed by atoms with E-state index < -0.39 is 0 Å². The smallest absolute Gasteiger partial charge is 0.120 e. The van der Waals surface area contributed by atoms with E-state index >= 15 is 0 Å². The van der Waals surface area contributed by atoms with Crippen molar-refractivity contribution in [2.24, 2.45) is 5.73 Å². The topological polar surface area (TPSA) is 79.0 Å². The summed E-state index contributed by atoms with van der Waals surface area (Å²) in [6, 6.07) is 4.60. The summed E-state index contributed by atoms with van der Waals surface area (Å²) in [4.78, 5) is 2.21. The fourth-order valence-electron chi connectivity index (χ4n) is 2.44. The van der Waals surface area contributed by atoms with E-state index in [1.165, 1.54) is 12.1 Å². The normalized spacial score (nSPS) is 24.1. The Morgan fingerprint density at radius 3 is 2.79 bits per heavy atom. The van der Waals surface area contributed by atoms with E-state index in [9.17, 15) is 10.2 Å². The summed E-state index contributed by atoms with van der Waals surface area (Å²) in [6.45, 7) is 6.10. The van der Waals surface area contributed by atoms with Gasteiger partial charge in [-0.3, -0.25) is 4.90 Å². The molecule has 3 unspecified atom stereocenters. The van der Waals surface area contributed by atoms with Crippen LogP contribution < -0.4 is 5.73 Å². The van der Waals surface area contributed by atoms with Crippen molar-refractivity contribution >= 4 is 0 Å².